The van der Waals surface area contributed by atoms with Gasteiger partial charge in [-0.1, -0.05) is 17.3 Å². The molecule has 0 atom stereocenters. The fraction of sp³-hybridized carbons (Fsp3) is 0.476. The largest absolute Gasteiger partial charge is 0.379 e. The van der Waals surface area contributed by atoms with E-state index in [9.17, 15) is 4.79 Å². The van der Waals surface area contributed by atoms with Gasteiger partial charge in [-0.3, -0.25) is 9.69 Å². The van der Waals surface area contributed by atoms with Crippen LogP contribution in [0.3, 0.4) is 0 Å². The molecule has 0 N–H and O–H groups in total. The number of aryl methyl sites for hydroxylation is 3. The van der Waals surface area contributed by atoms with E-state index in [0.717, 1.165) is 49.7 Å². The highest BCUT2D eigenvalue weighted by Crippen LogP contribution is 2.19. The number of morpholine rings is 1. The van der Waals surface area contributed by atoms with Crippen LogP contribution in [0.2, 0.25) is 0 Å². The van der Waals surface area contributed by atoms with Crippen molar-refractivity contribution in [1.29, 1.82) is 0 Å². The number of imidazole rings is 1. The second-order valence-electron chi connectivity index (χ2n) is 7.46. The zero-order valence-corrected chi connectivity index (χ0v) is 17.2. The van der Waals surface area contributed by atoms with E-state index in [-0.39, 0.29) is 5.91 Å². The topological polar surface area (TPSA) is 76.6 Å². The summed E-state index contributed by atoms with van der Waals surface area (Å²) in [6.07, 6.45) is 0. The predicted octanol–water partition coefficient (Wildman–Crippen LogP) is 2.15. The Morgan fingerprint density at radius 1 is 1.21 bits per heavy atom. The van der Waals surface area contributed by atoms with E-state index in [1.165, 1.54) is 0 Å². The molecular weight excluding hydrogens is 370 g/mol. The van der Waals surface area contributed by atoms with Crippen LogP contribution in [0.4, 0.5) is 0 Å². The van der Waals surface area contributed by atoms with Gasteiger partial charge in [-0.15, -0.1) is 0 Å². The quantitative estimate of drug-likeness (QED) is 0.634. The maximum Gasteiger partial charge on any atom is 0.259 e. The molecule has 1 fully saturated rings. The molecule has 1 aliphatic heterocycles. The smallest absolute Gasteiger partial charge is 0.259 e. The highest BCUT2D eigenvalue weighted by Gasteiger charge is 2.25. The van der Waals surface area contributed by atoms with Crippen LogP contribution >= 0.6 is 0 Å². The number of fused-ring (bicyclic) bond motifs is 1. The number of benzene rings is 1. The molecular formula is C21H27N5O3. The van der Waals surface area contributed by atoms with Crippen molar-refractivity contribution in [2.24, 2.45) is 7.05 Å². The van der Waals surface area contributed by atoms with Gasteiger partial charge in [0, 0.05) is 33.2 Å². The minimum absolute atomic E-state index is 0.0680. The third-order valence-corrected chi connectivity index (χ3v) is 5.54. The standard InChI is InChI=1S/C21H27N5O3/c1-15-20(16(2)29-23-15)21(27)26(9-8-25-10-12-28-13-11-25)14-19-22-17-6-4-5-7-18(17)24(19)3/h4-7H,8-14H2,1-3H3. The van der Waals surface area contributed by atoms with Crippen molar-refractivity contribution in [3.63, 3.8) is 0 Å². The normalized spacial score (nSPS) is 15.1. The van der Waals surface area contributed by atoms with Gasteiger partial charge in [0.1, 0.15) is 17.1 Å². The van der Waals surface area contributed by atoms with Gasteiger partial charge in [0.25, 0.3) is 5.91 Å². The van der Waals surface area contributed by atoms with Gasteiger partial charge in [0.2, 0.25) is 0 Å². The fourth-order valence-corrected chi connectivity index (χ4v) is 3.79. The van der Waals surface area contributed by atoms with Gasteiger partial charge < -0.3 is 18.7 Å². The summed E-state index contributed by atoms with van der Waals surface area (Å²) in [6.45, 7) is 8.67. The van der Waals surface area contributed by atoms with Gasteiger partial charge in [-0.25, -0.2) is 4.98 Å². The molecule has 0 spiro atoms. The summed E-state index contributed by atoms with van der Waals surface area (Å²) in [5, 5.41) is 3.96. The first-order valence-electron chi connectivity index (χ1n) is 9.97. The SMILES string of the molecule is Cc1noc(C)c1C(=O)N(CCN1CCOCC1)Cc1nc2ccccc2n1C. The third kappa shape index (κ3) is 4.04. The van der Waals surface area contributed by atoms with Crippen LogP contribution in [0.5, 0.6) is 0 Å². The van der Waals surface area contributed by atoms with Gasteiger partial charge in [0.05, 0.1) is 36.5 Å². The van der Waals surface area contributed by atoms with E-state index < -0.39 is 0 Å². The van der Waals surface area contributed by atoms with E-state index in [1.807, 2.05) is 36.2 Å². The molecule has 1 amide bonds. The number of para-hydroxylation sites is 2. The van der Waals surface area contributed by atoms with Crippen molar-refractivity contribution in [2.75, 3.05) is 39.4 Å². The number of aromatic nitrogens is 3. The summed E-state index contributed by atoms with van der Waals surface area (Å²) >= 11 is 0. The van der Waals surface area contributed by atoms with Crippen LogP contribution in [0.1, 0.15) is 27.6 Å². The average Bonchev–Trinajstić information content (AvgIpc) is 3.24. The van der Waals surface area contributed by atoms with Crippen molar-refractivity contribution in [3.05, 3.63) is 47.1 Å². The Hall–Kier alpha value is -2.71. The second-order valence-corrected chi connectivity index (χ2v) is 7.46. The molecule has 8 nitrogen and oxygen atoms in total. The van der Waals surface area contributed by atoms with Crippen LogP contribution in [-0.2, 0) is 18.3 Å². The summed E-state index contributed by atoms with van der Waals surface area (Å²) in [4.78, 5) is 22.3. The predicted molar refractivity (Wildman–Crippen MR) is 109 cm³/mol. The number of rotatable bonds is 6. The molecule has 8 heteroatoms. The van der Waals surface area contributed by atoms with Crippen molar-refractivity contribution in [1.82, 2.24) is 24.5 Å². The van der Waals surface area contributed by atoms with Gasteiger partial charge in [-0.2, -0.15) is 0 Å². The molecule has 0 unspecified atom stereocenters. The van der Waals surface area contributed by atoms with E-state index in [0.29, 0.717) is 30.1 Å². The zero-order valence-electron chi connectivity index (χ0n) is 17.2. The molecule has 154 valence electrons. The number of carbonyl (C=O) groups excluding carboxylic acids is 1. The minimum atomic E-state index is -0.0680. The Labute approximate surface area is 170 Å². The fourth-order valence-electron chi connectivity index (χ4n) is 3.79. The number of nitrogens with zero attached hydrogens (tertiary/aromatic N) is 5. The van der Waals surface area contributed by atoms with Crippen molar-refractivity contribution in [2.45, 2.75) is 20.4 Å². The van der Waals surface area contributed by atoms with Crippen LogP contribution in [0.15, 0.2) is 28.8 Å². The molecule has 4 rings (SSSR count). The first-order chi connectivity index (χ1) is 14.0. The highest BCUT2D eigenvalue weighted by molar-refractivity contribution is 5.96. The molecule has 1 aliphatic rings. The van der Waals surface area contributed by atoms with Crippen LogP contribution in [0.25, 0.3) is 11.0 Å². The molecule has 1 saturated heterocycles. The molecule has 0 radical (unpaired) electrons. The molecule has 0 aliphatic carbocycles. The lowest BCUT2D eigenvalue weighted by atomic mass is 10.1. The Kier molecular flexibility index (Phi) is 5.64. The number of hydrogen-bond acceptors (Lipinski definition) is 6. The lowest BCUT2D eigenvalue weighted by Gasteiger charge is -2.30. The first-order valence-corrected chi connectivity index (χ1v) is 9.97. The van der Waals surface area contributed by atoms with Gasteiger partial charge in [0.15, 0.2) is 0 Å². The zero-order chi connectivity index (χ0) is 20.4. The number of hydrogen-bond donors (Lipinski definition) is 0. The Morgan fingerprint density at radius 2 is 1.97 bits per heavy atom. The molecule has 1 aromatic carbocycles. The van der Waals surface area contributed by atoms with Crippen LogP contribution in [0, 0.1) is 13.8 Å². The lowest BCUT2D eigenvalue weighted by molar-refractivity contribution is 0.0318. The van der Waals surface area contributed by atoms with E-state index in [4.69, 9.17) is 14.2 Å². The molecule has 0 saturated carbocycles. The van der Waals surface area contributed by atoms with E-state index in [2.05, 4.69) is 14.6 Å². The Bertz CT molecular complexity index is 984. The van der Waals surface area contributed by atoms with Crippen LogP contribution in [-0.4, -0.2) is 69.8 Å². The van der Waals surface area contributed by atoms with Gasteiger partial charge in [-0.05, 0) is 26.0 Å². The number of amides is 1. The molecule has 2 aromatic heterocycles. The molecule has 0 bridgehead atoms. The molecule has 3 aromatic rings. The van der Waals surface area contributed by atoms with E-state index in [1.54, 1.807) is 13.8 Å². The third-order valence-electron chi connectivity index (χ3n) is 5.54. The summed E-state index contributed by atoms with van der Waals surface area (Å²) in [5.74, 6) is 1.34. The highest BCUT2D eigenvalue weighted by atomic mass is 16.5. The van der Waals surface area contributed by atoms with Crippen LogP contribution < -0.4 is 0 Å². The number of carbonyl (C=O) groups is 1. The Balaban J connectivity index is 1.59. The number of ether oxygens (including phenoxy) is 1. The lowest BCUT2D eigenvalue weighted by Crippen LogP contribution is -2.43. The van der Waals surface area contributed by atoms with Gasteiger partial charge >= 0.3 is 0 Å². The molecule has 3 heterocycles. The second kappa shape index (κ2) is 8.34. The summed E-state index contributed by atoms with van der Waals surface area (Å²) in [6, 6.07) is 8.01. The maximum absolute atomic E-state index is 13.4. The summed E-state index contributed by atoms with van der Waals surface area (Å²) in [5.41, 5.74) is 3.16. The summed E-state index contributed by atoms with van der Waals surface area (Å²) in [7, 11) is 1.99. The molecule has 29 heavy (non-hydrogen) atoms. The minimum Gasteiger partial charge on any atom is -0.379 e. The monoisotopic (exact) mass is 397 g/mol. The first kappa shape index (κ1) is 19.6. The average molecular weight is 397 g/mol. The summed E-state index contributed by atoms with van der Waals surface area (Å²) < 4.78 is 12.7. The maximum atomic E-state index is 13.4. The van der Waals surface area contributed by atoms with Crippen molar-refractivity contribution < 1.29 is 14.1 Å². The van der Waals surface area contributed by atoms with Crippen molar-refractivity contribution >= 4 is 16.9 Å². The van der Waals surface area contributed by atoms with E-state index >= 15 is 0 Å². The Morgan fingerprint density at radius 3 is 2.66 bits per heavy atom. The van der Waals surface area contributed by atoms with Crippen molar-refractivity contribution in [3.8, 4) is 0 Å².